The molecule has 0 spiro atoms. The number of halogens is 2. The molecule has 1 amide bonds. The van der Waals surface area contributed by atoms with Crippen molar-refractivity contribution in [2.24, 2.45) is 0 Å². The van der Waals surface area contributed by atoms with Crippen molar-refractivity contribution in [3.8, 4) is 0 Å². The molecule has 1 N–H and O–H groups in total. The first-order chi connectivity index (χ1) is 8.70. The summed E-state index contributed by atoms with van der Waals surface area (Å²) in [7, 11) is 0. The second-order valence-electron chi connectivity index (χ2n) is 3.75. The molecule has 0 aromatic heterocycles. The van der Waals surface area contributed by atoms with Crippen LogP contribution in [-0.4, -0.2) is 5.91 Å². The van der Waals surface area contributed by atoms with Gasteiger partial charge in [-0.3, -0.25) is 4.79 Å². The van der Waals surface area contributed by atoms with Crippen molar-refractivity contribution >= 4 is 23.2 Å². The zero-order valence-corrected chi connectivity index (χ0v) is 10.2. The van der Waals surface area contributed by atoms with Crippen LogP contribution < -0.4 is 5.32 Å². The van der Waals surface area contributed by atoms with Gasteiger partial charge >= 0.3 is 0 Å². The largest absolute Gasteiger partial charge is 0.322 e. The molecule has 0 saturated carbocycles. The lowest BCUT2D eigenvalue weighted by Gasteiger charge is -2.08. The molecule has 0 saturated heterocycles. The molecule has 18 heavy (non-hydrogen) atoms. The second kappa shape index (κ2) is 5.65. The number of carbonyl (C=O) groups excluding carboxylic acids is 1. The summed E-state index contributed by atoms with van der Waals surface area (Å²) in [6, 6.07) is 12.7. The summed E-state index contributed by atoms with van der Waals surface area (Å²) < 4.78 is 12.7. The highest BCUT2D eigenvalue weighted by molar-refractivity contribution is 6.17. The highest BCUT2D eigenvalue weighted by Gasteiger charge is 2.08. The van der Waals surface area contributed by atoms with Crippen molar-refractivity contribution in [3.05, 3.63) is 65.5 Å². The standard InChI is InChI=1S/C14H11ClFNO/c15-9-11-3-1-2-4-13(11)17-14(18)10-5-7-12(16)8-6-10/h1-8H,9H2,(H,17,18). The first-order valence-corrected chi connectivity index (χ1v) is 5.95. The van der Waals surface area contributed by atoms with E-state index in [0.717, 1.165) is 5.56 Å². The minimum absolute atomic E-state index is 0.285. The van der Waals surface area contributed by atoms with E-state index in [-0.39, 0.29) is 11.7 Å². The molecule has 0 radical (unpaired) electrons. The van der Waals surface area contributed by atoms with Crippen molar-refractivity contribution < 1.29 is 9.18 Å². The summed E-state index contributed by atoms with van der Waals surface area (Å²) in [4.78, 5) is 11.9. The van der Waals surface area contributed by atoms with Gasteiger partial charge in [-0.25, -0.2) is 4.39 Å². The topological polar surface area (TPSA) is 29.1 Å². The third kappa shape index (κ3) is 2.87. The van der Waals surface area contributed by atoms with E-state index in [1.165, 1.54) is 24.3 Å². The molecule has 0 heterocycles. The predicted molar refractivity (Wildman–Crippen MR) is 70.4 cm³/mol. The molecule has 0 unspecified atom stereocenters. The van der Waals surface area contributed by atoms with E-state index < -0.39 is 0 Å². The van der Waals surface area contributed by atoms with E-state index in [4.69, 9.17) is 11.6 Å². The Balaban J connectivity index is 2.18. The monoisotopic (exact) mass is 263 g/mol. The molecule has 0 bridgehead atoms. The quantitative estimate of drug-likeness (QED) is 0.838. The molecular formula is C14H11ClFNO. The molecule has 0 aliphatic carbocycles. The van der Waals surface area contributed by atoms with Gasteiger partial charge in [0, 0.05) is 17.1 Å². The van der Waals surface area contributed by atoms with Crippen LogP contribution in [0.5, 0.6) is 0 Å². The van der Waals surface area contributed by atoms with Crippen LogP contribution in [0.15, 0.2) is 48.5 Å². The van der Waals surface area contributed by atoms with Gasteiger partial charge < -0.3 is 5.32 Å². The second-order valence-corrected chi connectivity index (χ2v) is 4.02. The molecule has 0 aliphatic heterocycles. The van der Waals surface area contributed by atoms with E-state index in [1.54, 1.807) is 6.07 Å². The van der Waals surface area contributed by atoms with E-state index in [2.05, 4.69) is 5.32 Å². The number of hydrogen-bond donors (Lipinski definition) is 1. The van der Waals surface area contributed by atoms with Crippen LogP contribution in [0.3, 0.4) is 0 Å². The lowest BCUT2D eigenvalue weighted by Crippen LogP contribution is -2.12. The first kappa shape index (κ1) is 12.6. The lowest BCUT2D eigenvalue weighted by molar-refractivity contribution is 0.102. The van der Waals surface area contributed by atoms with Gasteiger partial charge in [0.1, 0.15) is 5.82 Å². The Bertz CT molecular complexity index is 554. The summed E-state index contributed by atoms with van der Waals surface area (Å²) in [5, 5.41) is 2.75. The Hall–Kier alpha value is -1.87. The summed E-state index contributed by atoms with van der Waals surface area (Å²) >= 11 is 5.78. The van der Waals surface area contributed by atoms with Crippen molar-refractivity contribution in [3.63, 3.8) is 0 Å². The van der Waals surface area contributed by atoms with Crippen molar-refractivity contribution in [1.29, 1.82) is 0 Å². The Kier molecular flexibility index (Phi) is 3.95. The first-order valence-electron chi connectivity index (χ1n) is 5.41. The van der Waals surface area contributed by atoms with Crippen LogP contribution in [0, 0.1) is 5.82 Å². The predicted octanol–water partition coefficient (Wildman–Crippen LogP) is 3.82. The fourth-order valence-electron chi connectivity index (χ4n) is 1.55. The summed E-state index contributed by atoms with van der Waals surface area (Å²) in [6.07, 6.45) is 0. The third-order valence-corrected chi connectivity index (χ3v) is 2.80. The zero-order valence-electron chi connectivity index (χ0n) is 9.49. The fourth-order valence-corrected chi connectivity index (χ4v) is 1.79. The highest BCUT2D eigenvalue weighted by atomic mass is 35.5. The van der Waals surface area contributed by atoms with Gasteiger partial charge in [0.15, 0.2) is 0 Å². The maximum atomic E-state index is 12.7. The summed E-state index contributed by atoms with van der Waals surface area (Å²) in [5.74, 6) is -0.333. The van der Waals surface area contributed by atoms with Crippen LogP contribution in [-0.2, 0) is 5.88 Å². The van der Waals surface area contributed by atoms with Crippen LogP contribution in [0.25, 0.3) is 0 Å². The molecule has 2 rings (SSSR count). The number of alkyl halides is 1. The van der Waals surface area contributed by atoms with Crippen molar-refractivity contribution in [2.45, 2.75) is 5.88 Å². The molecule has 0 atom stereocenters. The number of hydrogen-bond acceptors (Lipinski definition) is 1. The Morgan fingerprint density at radius 2 is 1.78 bits per heavy atom. The number of carbonyl (C=O) groups is 1. The van der Waals surface area contributed by atoms with Crippen LogP contribution >= 0.6 is 11.6 Å². The van der Waals surface area contributed by atoms with E-state index in [0.29, 0.717) is 17.1 Å². The van der Waals surface area contributed by atoms with Crippen LogP contribution in [0.1, 0.15) is 15.9 Å². The normalized spacial score (nSPS) is 10.1. The molecule has 92 valence electrons. The number of nitrogens with one attached hydrogen (secondary N) is 1. The highest BCUT2D eigenvalue weighted by Crippen LogP contribution is 2.18. The Labute approximate surface area is 109 Å². The van der Waals surface area contributed by atoms with Crippen molar-refractivity contribution in [1.82, 2.24) is 0 Å². The van der Waals surface area contributed by atoms with Gasteiger partial charge in [0.05, 0.1) is 0 Å². The minimum atomic E-state index is -0.368. The van der Waals surface area contributed by atoms with E-state index in [9.17, 15) is 9.18 Å². The van der Waals surface area contributed by atoms with E-state index >= 15 is 0 Å². The van der Waals surface area contributed by atoms with Gasteiger partial charge in [-0.1, -0.05) is 18.2 Å². The number of amides is 1. The lowest BCUT2D eigenvalue weighted by atomic mass is 10.1. The van der Waals surface area contributed by atoms with Gasteiger partial charge in [-0.15, -0.1) is 11.6 Å². The Morgan fingerprint density at radius 3 is 2.44 bits per heavy atom. The number of benzene rings is 2. The summed E-state index contributed by atoms with van der Waals surface area (Å²) in [6.45, 7) is 0. The van der Waals surface area contributed by atoms with E-state index in [1.807, 2.05) is 18.2 Å². The van der Waals surface area contributed by atoms with Gasteiger partial charge in [-0.05, 0) is 35.9 Å². The molecular weight excluding hydrogens is 253 g/mol. The van der Waals surface area contributed by atoms with Gasteiger partial charge in [-0.2, -0.15) is 0 Å². The van der Waals surface area contributed by atoms with Crippen LogP contribution in [0.2, 0.25) is 0 Å². The van der Waals surface area contributed by atoms with Gasteiger partial charge in [0.25, 0.3) is 5.91 Å². The number of anilines is 1. The molecule has 2 nitrogen and oxygen atoms in total. The SMILES string of the molecule is O=C(Nc1ccccc1CCl)c1ccc(F)cc1. The molecule has 4 heteroatoms. The number of rotatable bonds is 3. The summed E-state index contributed by atoms with van der Waals surface area (Å²) in [5.41, 5.74) is 1.91. The molecule has 2 aromatic carbocycles. The van der Waals surface area contributed by atoms with Crippen LogP contribution in [0.4, 0.5) is 10.1 Å². The number of para-hydroxylation sites is 1. The maximum Gasteiger partial charge on any atom is 0.255 e. The smallest absolute Gasteiger partial charge is 0.255 e. The molecule has 0 aliphatic rings. The molecule has 0 fully saturated rings. The Morgan fingerprint density at radius 1 is 1.11 bits per heavy atom. The average Bonchev–Trinajstić information content (AvgIpc) is 2.40. The maximum absolute atomic E-state index is 12.7. The molecule has 2 aromatic rings. The minimum Gasteiger partial charge on any atom is -0.322 e. The zero-order chi connectivity index (χ0) is 13.0. The third-order valence-electron chi connectivity index (χ3n) is 2.52. The van der Waals surface area contributed by atoms with Gasteiger partial charge in [0.2, 0.25) is 0 Å². The average molecular weight is 264 g/mol. The fraction of sp³-hybridized carbons (Fsp3) is 0.0714. The van der Waals surface area contributed by atoms with Crippen molar-refractivity contribution in [2.75, 3.05) is 5.32 Å².